The van der Waals surface area contributed by atoms with Gasteiger partial charge >= 0.3 is 5.97 Å². The number of allylic oxidation sites excluding steroid dienone is 1. The zero-order valence-electron chi connectivity index (χ0n) is 30.1. The fourth-order valence-electron chi connectivity index (χ4n) is 8.23. The maximum Gasteiger partial charge on any atom is 0.306 e. The second-order valence-electron chi connectivity index (χ2n) is 14.4. The number of likely N-dealkylation sites (tertiary alicyclic amines) is 1. The number of para-hydroxylation sites is 1. The van der Waals surface area contributed by atoms with Gasteiger partial charge < -0.3 is 29.7 Å². The van der Waals surface area contributed by atoms with Crippen LogP contribution >= 0.6 is 15.9 Å². The van der Waals surface area contributed by atoms with Gasteiger partial charge in [-0.3, -0.25) is 19.2 Å². The number of amides is 3. The van der Waals surface area contributed by atoms with Crippen LogP contribution < -0.4 is 5.32 Å². The topological polar surface area (TPSA) is 156 Å². The van der Waals surface area contributed by atoms with Crippen molar-refractivity contribution in [2.45, 2.75) is 80.9 Å². The third-order valence-electron chi connectivity index (χ3n) is 10.5. The lowest BCUT2D eigenvalue weighted by atomic mass is 9.70. The molecule has 2 bridgehead atoms. The van der Waals surface area contributed by atoms with Crippen molar-refractivity contribution < 1.29 is 33.8 Å². The highest BCUT2D eigenvalue weighted by Crippen LogP contribution is 2.60. The Bertz CT molecular complexity index is 1840. The van der Waals surface area contributed by atoms with E-state index in [9.17, 15) is 19.5 Å². The van der Waals surface area contributed by atoms with E-state index in [1.165, 1.54) is 4.90 Å². The number of nitrogens with zero attached hydrogens (tertiary/aromatic N) is 5. The van der Waals surface area contributed by atoms with E-state index >= 15 is 4.79 Å². The highest BCUT2D eigenvalue weighted by atomic mass is 79.9. The molecule has 3 fully saturated rings. The predicted molar refractivity (Wildman–Crippen MR) is 200 cm³/mol. The van der Waals surface area contributed by atoms with E-state index in [1.807, 2.05) is 68.4 Å². The van der Waals surface area contributed by atoms with Crippen molar-refractivity contribution >= 4 is 50.7 Å². The minimum absolute atomic E-state index is 0.0218. The molecule has 4 heterocycles. The van der Waals surface area contributed by atoms with E-state index in [4.69, 9.17) is 9.47 Å². The molecule has 2 N–H and O–H groups in total. The number of ether oxygens (including phenoxy) is 2. The summed E-state index contributed by atoms with van der Waals surface area (Å²) in [4.78, 5) is 59.6. The molecule has 8 atom stereocenters. The molecule has 3 amide bonds. The van der Waals surface area contributed by atoms with E-state index in [2.05, 4.69) is 44.7 Å². The number of alkyl halides is 1. The van der Waals surface area contributed by atoms with Crippen molar-refractivity contribution in [3.8, 4) is 0 Å². The van der Waals surface area contributed by atoms with Crippen molar-refractivity contribution in [2.24, 2.45) is 17.8 Å². The first-order chi connectivity index (χ1) is 25.5. The molecular weight excluding hydrogens is 744 g/mol. The lowest BCUT2D eigenvalue weighted by molar-refractivity contribution is -0.152. The van der Waals surface area contributed by atoms with Gasteiger partial charge in [-0.2, -0.15) is 0 Å². The molecule has 13 nitrogen and oxygen atoms in total. The first-order valence-electron chi connectivity index (χ1n) is 18.1. The van der Waals surface area contributed by atoms with Gasteiger partial charge in [-0.05, 0) is 42.9 Å². The van der Waals surface area contributed by atoms with Crippen LogP contribution in [0.1, 0.15) is 51.1 Å². The Morgan fingerprint density at radius 1 is 1.15 bits per heavy atom. The SMILES string of the molecule is C=CCCC(=O)OC[C@H](NC(=O)[C@@H]1[C@H]2O[C@@]3(CC2Br)[C@H](C(=O)N(CC=C)Cn2nnc4ccccc42)N([C@@H](CO)CC(C)C)C(=O)[C@@H]13)c1ccccc1. The Kier molecular flexibility index (Phi) is 11.8. The third-order valence-corrected chi connectivity index (χ3v) is 11.3. The maximum absolute atomic E-state index is 15.0. The Morgan fingerprint density at radius 2 is 1.89 bits per heavy atom. The molecule has 6 rings (SSSR count). The summed E-state index contributed by atoms with van der Waals surface area (Å²) in [5.41, 5.74) is 0.744. The van der Waals surface area contributed by atoms with Gasteiger partial charge in [0.05, 0.1) is 42.1 Å². The Hall–Kier alpha value is -4.40. The molecule has 3 aliphatic rings. The highest BCUT2D eigenvalue weighted by Gasteiger charge is 2.77. The average Bonchev–Trinajstić information content (AvgIpc) is 3.88. The zero-order valence-corrected chi connectivity index (χ0v) is 31.6. The van der Waals surface area contributed by atoms with E-state index in [0.29, 0.717) is 24.8 Å². The number of rotatable bonds is 17. The van der Waals surface area contributed by atoms with Crippen LogP contribution in [0.15, 0.2) is 79.9 Å². The molecule has 3 saturated heterocycles. The summed E-state index contributed by atoms with van der Waals surface area (Å²) in [7, 11) is 0. The summed E-state index contributed by atoms with van der Waals surface area (Å²) in [6, 6.07) is 14.0. The van der Waals surface area contributed by atoms with Crippen LogP contribution in [0.5, 0.6) is 0 Å². The van der Waals surface area contributed by atoms with Crippen LogP contribution in [0.3, 0.4) is 0 Å². The molecule has 1 spiro atoms. The minimum atomic E-state index is -1.37. The number of esters is 1. The summed E-state index contributed by atoms with van der Waals surface area (Å²) in [5.74, 6) is -3.60. The fraction of sp³-hybridized carbons (Fsp3) is 0.487. The molecule has 14 heteroatoms. The number of aromatic nitrogens is 3. The molecule has 3 aromatic rings. The molecule has 0 aliphatic carbocycles. The number of aliphatic hydroxyl groups excluding tert-OH is 1. The number of hydrogen-bond acceptors (Lipinski definition) is 9. The molecular formula is C39H47BrN6O7. The highest BCUT2D eigenvalue weighted by molar-refractivity contribution is 9.09. The second kappa shape index (κ2) is 16.3. The Balaban J connectivity index is 1.35. The molecule has 53 heavy (non-hydrogen) atoms. The van der Waals surface area contributed by atoms with Gasteiger partial charge in [0.2, 0.25) is 17.7 Å². The summed E-state index contributed by atoms with van der Waals surface area (Å²) < 4.78 is 14.0. The van der Waals surface area contributed by atoms with Gasteiger partial charge in [0.25, 0.3) is 0 Å². The van der Waals surface area contributed by atoms with Crippen LogP contribution in [0, 0.1) is 17.8 Å². The van der Waals surface area contributed by atoms with Crippen molar-refractivity contribution in [3.05, 3.63) is 85.5 Å². The summed E-state index contributed by atoms with van der Waals surface area (Å²) in [5, 5.41) is 22.3. The van der Waals surface area contributed by atoms with Gasteiger partial charge in [-0.15, -0.1) is 18.3 Å². The lowest BCUT2D eigenvalue weighted by Crippen LogP contribution is -2.59. The number of carbonyl (C=O) groups is 4. The molecule has 2 aromatic carbocycles. The van der Waals surface area contributed by atoms with Crippen molar-refractivity contribution in [3.63, 3.8) is 0 Å². The van der Waals surface area contributed by atoms with Crippen LogP contribution in [0.2, 0.25) is 0 Å². The predicted octanol–water partition coefficient (Wildman–Crippen LogP) is 3.93. The minimum Gasteiger partial charge on any atom is -0.463 e. The number of benzene rings is 2. The molecule has 1 aromatic heterocycles. The zero-order chi connectivity index (χ0) is 37.9. The van der Waals surface area contributed by atoms with Crippen LogP contribution in [0.25, 0.3) is 11.0 Å². The molecule has 1 unspecified atom stereocenters. The summed E-state index contributed by atoms with van der Waals surface area (Å²) >= 11 is 3.75. The number of nitrogens with one attached hydrogen (secondary N) is 1. The van der Waals surface area contributed by atoms with Gasteiger partial charge in [0.1, 0.15) is 30.4 Å². The Morgan fingerprint density at radius 3 is 2.58 bits per heavy atom. The number of fused-ring (bicyclic) bond motifs is 2. The Labute approximate surface area is 317 Å². The van der Waals surface area contributed by atoms with E-state index < -0.39 is 65.4 Å². The number of aliphatic hydroxyl groups is 1. The van der Waals surface area contributed by atoms with Crippen molar-refractivity contribution in [1.82, 2.24) is 30.1 Å². The summed E-state index contributed by atoms with van der Waals surface area (Å²) in [6.07, 6.45) is 3.85. The quantitative estimate of drug-likeness (QED) is 0.118. The number of carbonyl (C=O) groups excluding carboxylic acids is 4. The monoisotopic (exact) mass is 790 g/mol. The average molecular weight is 792 g/mol. The van der Waals surface area contributed by atoms with Crippen LogP contribution in [-0.2, 0) is 35.3 Å². The van der Waals surface area contributed by atoms with Crippen molar-refractivity contribution in [1.29, 1.82) is 0 Å². The van der Waals surface area contributed by atoms with Gasteiger partial charge in [0.15, 0.2) is 0 Å². The van der Waals surface area contributed by atoms with Crippen LogP contribution in [0.4, 0.5) is 0 Å². The first kappa shape index (κ1) is 38.3. The molecule has 282 valence electrons. The van der Waals surface area contributed by atoms with Crippen LogP contribution in [-0.4, -0.2) is 102 Å². The van der Waals surface area contributed by atoms with Gasteiger partial charge in [0, 0.05) is 17.8 Å². The fourth-order valence-corrected chi connectivity index (χ4v) is 9.18. The van der Waals surface area contributed by atoms with Crippen molar-refractivity contribution in [2.75, 3.05) is 19.8 Å². The molecule has 0 saturated carbocycles. The van der Waals surface area contributed by atoms with E-state index in [0.717, 1.165) is 11.1 Å². The normalized spacial score (nSPS) is 25.6. The van der Waals surface area contributed by atoms with Gasteiger partial charge in [-0.1, -0.05) is 89.6 Å². The number of hydrogen-bond donors (Lipinski definition) is 2. The van der Waals surface area contributed by atoms with E-state index in [1.54, 1.807) is 21.7 Å². The summed E-state index contributed by atoms with van der Waals surface area (Å²) in [6.45, 7) is 11.2. The second-order valence-corrected chi connectivity index (χ2v) is 15.6. The maximum atomic E-state index is 15.0. The largest absolute Gasteiger partial charge is 0.463 e. The number of halogens is 1. The molecule has 0 radical (unpaired) electrons. The van der Waals surface area contributed by atoms with E-state index in [-0.39, 0.29) is 43.6 Å². The first-order valence-corrected chi connectivity index (χ1v) is 19.0. The molecule has 3 aliphatic heterocycles. The smallest absolute Gasteiger partial charge is 0.306 e. The van der Waals surface area contributed by atoms with Gasteiger partial charge in [-0.25, -0.2) is 4.68 Å². The standard InChI is InChI=1S/C39H47BrN6O7/c1-5-7-17-31(48)52-22-29(25-13-9-8-10-14-25)41-36(49)32-33-37(50)46(26(21-47)19-24(3)4)35(39(33)20-27(40)34(32)53-39)38(51)44(18-6-2)23-45-30-16-12-11-15-28(30)42-43-45/h5-6,8-16,24,26-27,29,32-35,47H,1-2,7,17-23H2,3-4H3,(H,41,49)/t26-,27?,29+,32+,33-,34+,35+,39-/m1/s1. The lowest BCUT2D eigenvalue weighted by Gasteiger charge is -2.39. The third kappa shape index (κ3) is 7.41.